The largest absolute Gasteiger partial charge is 0.328 e. The van der Waals surface area contributed by atoms with E-state index in [0.717, 1.165) is 6.29 Å². The quantitative estimate of drug-likeness (QED) is 0.312. The standard InChI is InChI=1S/C8H12Cl2O5/c1-7(5-9)13-8(6-10,15-14-7)12-4-2-3-11/h3H,2,4-6H2,1H3/t7-,8-/m0/s1. The fourth-order valence-electron chi connectivity index (χ4n) is 0.968. The van der Waals surface area contributed by atoms with Gasteiger partial charge in [-0.1, -0.05) is 0 Å². The Balaban J connectivity index is 2.52. The maximum absolute atomic E-state index is 10.1. The molecule has 2 atom stereocenters. The first kappa shape index (κ1) is 13.2. The molecule has 5 nitrogen and oxygen atoms in total. The maximum Gasteiger partial charge on any atom is 0.328 e. The molecule has 1 rings (SSSR count). The van der Waals surface area contributed by atoms with Crippen molar-refractivity contribution in [1.29, 1.82) is 0 Å². The third kappa shape index (κ3) is 3.27. The highest BCUT2D eigenvalue weighted by atomic mass is 35.5. The van der Waals surface area contributed by atoms with E-state index in [-0.39, 0.29) is 24.8 Å². The molecular weight excluding hydrogens is 247 g/mol. The van der Waals surface area contributed by atoms with Gasteiger partial charge in [0.2, 0.25) is 5.79 Å². The number of aldehydes is 1. The molecule has 0 aromatic carbocycles. The van der Waals surface area contributed by atoms with Crippen molar-refractivity contribution in [2.75, 3.05) is 18.4 Å². The predicted octanol–water partition coefficient (Wildman–Crippen LogP) is 1.42. The predicted molar refractivity (Wildman–Crippen MR) is 52.5 cm³/mol. The molecule has 0 spiro atoms. The fourth-order valence-corrected chi connectivity index (χ4v) is 1.24. The number of carbonyl (C=O) groups is 1. The van der Waals surface area contributed by atoms with Crippen LogP contribution in [0.2, 0.25) is 0 Å². The van der Waals surface area contributed by atoms with Gasteiger partial charge in [-0.2, -0.15) is 9.78 Å². The molecule has 7 heteroatoms. The molecule has 0 bridgehead atoms. The molecule has 88 valence electrons. The molecule has 1 aliphatic rings. The van der Waals surface area contributed by atoms with Gasteiger partial charge in [0.15, 0.2) is 0 Å². The Morgan fingerprint density at radius 3 is 2.53 bits per heavy atom. The van der Waals surface area contributed by atoms with E-state index in [4.69, 9.17) is 42.5 Å². The van der Waals surface area contributed by atoms with Crippen molar-refractivity contribution in [1.82, 2.24) is 0 Å². The van der Waals surface area contributed by atoms with Crippen LogP contribution in [0.5, 0.6) is 0 Å². The Kier molecular flexibility index (Phi) is 4.76. The molecule has 1 aliphatic heterocycles. The average molecular weight is 259 g/mol. The number of hydrogen-bond donors (Lipinski definition) is 0. The van der Waals surface area contributed by atoms with Crippen molar-refractivity contribution in [3.8, 4) is 0 Å². The Morgan fingerprint density at radius 1 is 1.33 bits per heavy atom. The van der Waals surface area contributed by atoms with Crippen molar-refractivity contribution in [2.45, 2.75) is 25.1 Å². The highest BCUT2D eigenvalue weighted by Crippen LogP contribution is 2.35. The summed E-state index contributed by atoms with van der Waals surface area (Å²) in [5, 5.41) is 0. The summed E-state index contributed by atoms with van der Waals surface area (Å²) < 4.78 is 10.5. The monoisotopic (exact) mass is 258 g/mol. The van der Waals surface area contributed by atoms with E-state index >= 15 is 0 Å². The SMILES string of the molecule is C[C@@]1(CCl)OO[C@@](CCl)(OCCC=O)O1. The lowest BCUT2D eigenvalue weighted by Gasteiger charge is -2.23. The number of rotatable bonds is 6. The first-order valence-electron chi connectivity index (χ1n) is 4.36. The van der Waals surface area contributed by atoms with Gasteiger partial charge >= 0.3 is 5.97 Å². The van der Waals surface area contributed by atoms with Crippen molar-refractivity contribution >= 4 is 29.5 Å². The van der Waals surface area contributed by atoms with E-state index in [0.29, 0.717) is 0 Å². The Bertz CT molecular complexity index is 227. The molecule has 1 heterocycles. The Labute approximate surface area is 97.4 Å². The van der Waals surface area contributed by atoms with E-state index in [1.54, 1.807) is 6.92 Å². The maximum atomic E-state index is 10.1. The van der Waals surface area contributed by atoms with Gasteiger partial charge in [-0.25, -0.2) is 0 Å². The minimum Gasteiger partial charge on any atom is -0.324 e. The molecule has 0 N–H and O–H groups in total. The lowest BCUT2D eigenvalue weighted by molar-refractivity contribution is -0.406. The first-order chi connectivity index (χ1) is 7.10. The summed E-state index contributed by atoms with van der Waals surface area (Å²) >= 11 is 11.3. The summed E-state index contributed by atoms with van der Waals surface area (Å²) in [6.45, 7) is 1.73. The van der Waals surface area contributed by atoms with Gasteiger partial charge in [0.25, 0.3) is 0 Å². The second kappa shape index (κ2) is 5.43. The van der Waals surface area contributed by atoms with E-state index in [2.05, 4.69) is 0 Å². The zero-order chi connectivity index (χ0) is 11.4. The van der Waals surface area contributed by atoms with Gasteiger partial charge in [0.1, 0.15) is 12.2 Å². The van der Waals surface area contributed by atoms with Crippen LogP contribution in [0, 0.1) is 0 Å². The summed E-state index contributed by atoms with van der Waals surface area (Å²) in [4.78, 5) is 19.8. The number of carbonyl (C=O) groups excluding carboxylic acids is 1. The van der Waals surface area contributed by atoms with Crippen LogP contribution < -0.4 is 0 Å². The van der Waals surface area contributed by atoms with Crippen molar-refractivity contribution in [2.24, 2.45) is 0 Å². The van der Waals surface area contributed by atoms with E-state index in [9.17, 15) is 4.79 Å². The van der Waals surface area contributed by atoms with E-state index < -0.39 is 11.8 Å². The highest BCUT2D eigenvalue weighted by molar-refractivity contribution is 6.18. The fraction of sp³-hybridized carbons (Fsp3) is 0.875. The minimum absolute atomic E-state index is 0.0721. The van der Waals surface area contributed by atoms with Gasteiger partial charge in [-0.15, -0.1) is 23.2 Å². The van der Waals surface area contributed by atoms with Crippen LogP contribution in [0.25, 0.3) is 0 Å². The summed E-state index contributed by atoms with van der Waals surface area (Å²) in [7, 11) is 0. The summed E-state index contributed by atoms with van der Waals surface area (Å²) in [6, 6.07) is 0. The molecule has 0 radical (unpaired) electrons. The zero-order valence-corrected chi connectivity index (χ0v) is 9.71. The van der Waals surface area contributed by atoms with Crippen LogP contribution >= 0.6 is 23.2 Å². The van der Waals surface area contributed by atoms with Crippen molar-refractivity contribution in [3.63, 3.8) is 0 Å². The zero-order valence-electron chi connectivity index (χ0n) is 8.20. The molecule has 0 amide bonds. The lowest BCUT2D eigenvalue weighted by Crippen LogP contribution is -2.40. The third-order valence-electron chi connectivity index (χ3n) is 1.68. The molecule has 0 aromatic heterocycles. The number of hydrogen-bond acceptors (Lipinski definition) is 5. The smallest absolute Gasteiger partial charge is 0.324 e. The lowest BCUT2D eigenvalue weighted by atomic mass is 10.4. The molecule has 0 aromatic rings. The molecular formula is C8H12Cl2O5. The molecule has 0 saturated carbocycles. The second-order valence-corrected chi connectivity index (χ2v) is 3.69. The van der Waals surface area contributed by atoms with E-state index in [1.807, 2.05) is 0 Å². The summed E-state index contributed by atoms with van der Waals surface area (Å²) in [5.41, 5.74) is 0. The summed E-state index contributed by atoms with van der Waals surface area (Å²) in [5.74, 6) is -2.58. The van der Waals surface area contributed by atoms with E-state index in [1.165, 1.54) is 0 Å². The van der Waals surface area contributed by atoms with Crippen molar-refractivity contribution < 1.29 is 24.0 Å². The van der Waals surface area contributed by atoms with Gasteiger partial charge in [0, 0.05) is 6.42 Å². The molecule has 15 heavy (non-hydrogen) atoms. The third-order valence-corrected chi connectivity index (χ3v) is 2.49. The van der Waals surface area contributed by atoms with Crippen LogP contribution in [0.1, 0.15) is 13.3 Å². The minimum atomic E-state index is -1.48. The van der Waals surface area contributed by atoms with Gasteiger partial charge in [-0.3, -0.25) is 4.74 Å². The van der Waals surface area contributed by atoms with Gasteiger partial charge in [0.05, 0.1) is 12.5 Å². The summed E-state index contributed by atoms with van der Waals surface area (Å²) in [6.07, 6.45) is 0.946. The topological polar surface area (TPSA) is 54.0 Å². The second-order valence-electron chi connectivity index (χ2n) is 3.16. The molecule has 0 aliphatic carbocycles. The normalized spacial score (nSPS) is 35.7. The van der Waals surface area contributed by atoms with Crippen LogP contribution in [-0.4, -0.2) is 36.4 Å². The number of alkyl halides is 2. The number of halogens is 2. The Hall–Kier alpha value is 0.0900. The van der Waals surface area contributed by atoms with Gasteiger partial charge < -0.3 is 9.53 Å². The molecule has 1 fully saturated rings. The first-order valence-corrected chi connectivity index (χ1v) is 5.43. The molecule has 0 unspecified atom stereocenters. The van der Waals surface area contributed by atoms with Crippen LogP contribution in [0.4, 0.5) is 0 Å². The number of ether oxygens (including phenoxy) is 2. The molecule has 1 saturated heterocycles. The van der Waals surface area contributed by atoms with Crippen LogP contribution in [0.15, 0.2) is 0 Å². The van der Waals surface area contributed by atoms with Crippen LogP contribution in [0.3, 0.4) is 0 Å². The Morgan fingerprint density at radius 2 is 2.07 bits per heavy atom. The average Bonchev–Trinajstić information content (AvgIpc) is 2.59. The van der Waals surface area contributed by atoms with Crippen LogP contribution in [-0.2, 0) is 24.0 Å². The highest BCUT2D eigenvalue weighted by Gasteiger charge is 2.51. The van der Waals surface area contributed by atoms with Crippen molar-refractivity contribution in [3.05, 3.63) is 0 Å². The van der Waals surface area contributed by atoms with Gasteiger partial charge in [-0.05, 0) is 6.92 Å².